The van der Waals surface area contributed by atoms with Crippen molar-refractivity contribution in [2.45, 2.75) is 120 Å². The number of nitrogens with one attached hydrogen (secondary N) is 2. The van der Waals surface area contributed by atoms with Gasteiger partial charge in [-0.3, -0.25) is 24.0 Å². The number of ether oxygens (including phenoxy) is 4. The van der Waals surface area contributed by atoms with Gasteiger partial charge in [0.25, 0.3) is 11.8 Å². The minimum absolute atomic E-state index is 0.00730. The number of imide groups is 1. The summed E-state index contributed by atoms with van der Waals surface area (Å²) in [7, 11) is 0. The van der Waals surface area contributed by atoms with E-state index in [1.165, 1.54) is 18.7 Å². The molecule has 0 aromatic carbocycles. The smallest absolute Gasteiger partial charge is 0.333 e. The van der Waals surface area contributed by atoms with Gasteiger partial charge in [0.05, 0.1) is 37.3 Å². The maximum Gasteiger partial charge on any atom is 0.333 e. The van der Waals surface area contributed by atoms with Crippen LogP contribution in [0.3, 0.4) is 0 Å². The third kappa shape index (κ3) is 11.1. The van der Waals surface area contributed by atoms with Crippen molar-refractivity contribution in [2.24, 2.45) is 11.8 Å². The first kappa shape index (κ1) is 43.3. The summed E-state index contributed by atoms with van der Waals surface area (Å²) in [4.78, 5) is 81.7. The van der Waals surface area contributed by atoms with E-state index in [4.69, 9.17) is 23.8 Å². The fraction of sp³-hybridized carbons (Fsp3) is 0.818. The van der Waals surface area contributed by atoms with Crippen molar-refractivity contribution < 1.29 is 83.2 Å². The SMILES string of the molecule is C[C@@H]1O[C@@H](OCCNC(=O)C2CCN(C(=O)CCCCC(=O)ON3C(=O)CCC3=O)C[C@@H]2C(=O)NCCO[C@@H]2O[C@@H](C)[C@@H](O)[C@@H](O)[C@@H]2O)[C@@H](O)[C@H](O)[C@@H]1O. The van der Waals surface area contributed by atoms with Crippen molar-refractivity contribution in [1.82, 2.24) is 20.6 Å². The molecule has 4 fully saturated rings. The monoisotopic (exact) mass is 776 g/mol. The molecule has 21 heteroatoms. The number of hydrogen-bond acceptors (Lipinski definition) is 17. The highest BCUT2D eigenvalue weighted by molar-refractivity contribution is 6.01. The molecule has 0 aliphatic carbocycles. The normalized spacial score (nSPS) is 34.4. The summed E-state index contributed by atoms with van der Waals surface area (Å²) in [5, 5.41) is 65.9. The third-order valence-corrected chi connectivity index (χ3v) is 9.84. The van der Waals surface area contributed by atoms with Gasteiger partial charge >= 0.3 is 5.97 Å². The topological polar surface area (TPSA) is 300 Å². The van der Waals surface area contributed by atoms with E-state index in [1.807, 2.05) is 0 Å². The molecule has 21 nitrogen and oxygen atoms in total. The minimum atomic E-state index is -1.54. The van der Waals surface area contributed by atoms with E-state index in [0.717, 1.165) is 0 Å². The quantitative estimate of drug-likeness (QED) is 0.0542. The van der Waals surface area contributed by atoms with Crippen molar-refractivity contribution in [3.8, 4) is 0 Å². The molecule has 0 aromatic rings. The molecule has 0 aromatic heterocycles. The Kier molecular flexibility index (Phi) is 16.0. The second-order valence-corrected chi connectivity index (χ2v) is 13.8. The molecule has 1 unspecified atom stereocenters. The molecule has 8 N–H and O–H groups in total. The Bertz CT molecular complexity index is 1320. The van der Waals surface area contributed by atoms with Crippen LogP contribution >= 0.6 is 0 Å². The van der Waals surface area contributed by atoms with Crippen LogP contribution in [-0.4, -0.2) is 177 Å². The number of aliphatic hydroxyl groups excluding tert-OH is 6. The van der Waals surface area contributed by atoms with Gasteiger partial charge in [-0.1, -0.05) is 0 Å². The molecule has 5 amide bonds. The second kappa shape index (κ2) is 20.0. The van der Waals surface area contributed by atoms with Gasteiger partial charge in [-0.05, 0) is 33.1 Å². The summed E-state index contributed by atoms with van der Waals surface area (Å²) >= 11 is 0. The van der Waals surface area contributed by atoms with Gasteiger partial charge in [0.15, 0.2) is 12.6 Å². The molecule has 12 atom stereocenters. The first-order valence-corrected chi connectivity index (χ1v) is 18.1. The van der Waals surface area contributed by atoms with Crippen molar-refractivity contribution in [2.75, 3.05) is 39.4 Å². The molecule has 0 saturated carbocycles. The van der Waals surface area contributed by atoms with Crippen LogP contribution in [0.15, 0.2) is 0 Å². The van der Waals surface area contributed by atoms with E-state index in [2.05, 4.69) is 10.6 Å². The number of likely N-dealkylation sites (tertiary alicyclic amines) is 1. The van der Waals surface area contributed by atoms with Crippen LogP contribution in [-0.2, 0) is 52.6 Å². The molecule has 4 saturated heterocycles. The number of aliphatic hydroxyl groups is 6. The molecule has 0 bridgehead atoms. The Labute approximate surface area is 310 Å². The predicted molar refractivity (Wildman–Crippen MR) is 176 cm³/mol. The highest BCUT2D eigenvalue weighted by Crippen LogP contribution is 2.27. The Morgan fingerprint density at radius 3 is 1.70 bits per heavy atom. The summed E-state index contributed by atoms with van der Waals surface area (Å²) in [6.45, 7) is 2.53. The Morgan fingerprint density at radius 2 is 1.19 bits per heavy atom. The van der Waals surface area contributed by atoms with Crippen LogP contribution in [0.4, 0.5) is 0 Å². The lowest BCUT2D eigenvalue weighted by atomic mass is 9.83. The Morgan fingerprint density at radius 1 is 0.704 bits per heavy atom. The summed E-state index contributed by atoms with van der Waals surface area (Å²) in [6, 6.07) is 0. The molecule has 4 aliphatic rings. The van der Waals surface area contributed by atoms with Gasteiger partial charge < -0.3 is 70.0 Å². The third-order valence-electron chi connectivity index (χ3n) is 9.84. The van der Waals surface area contributed by atoms with Crippen LogP contribution in [0, 0.1) is 11.8 Å². The average Bonchev–Trinajstić information content (AvgIpc) is 3.47. The van der Waals surface area contributed by atoms with Gasteiger partial charge in [-0.15, -0.1) is 5.06 Å². The number of carbonyl (C=O) groups is 6. The number of hydrogen-bond donors (Lipinski definition) is 8. The van der Waals surface area contributed by atoms with Crippen molar-refractivity contribution >= 4 is 35.5 Å². The van der Waals surface area contributed by atoms with E-state index in [1.54, 1.807) is 0 Å². The maximum absolute atomic E-state index is 13.5. The number of carbonyl (C=O) groups excluding carboxylic acids is 6. The lowest BCUT2D eigenvalue weighted by molar-refractivity contribution is -0.292. The van der Waals surface area contributed by atoms with E-state index < -0.39 is 103 Å². The zero-order chi connectivity index (χ0) is 39.7. The second-order valence-electron chi connectivity index (χ2n) is 13.8. The van der Waals surface area contributed by atoms with Gasteiger partial charge in [0, 0.05) is 51.9 Å². The van der Waals surface area contributed by atoms with Gasteiger partial charge in [0.1, 0.15) is 36.6 Å². The maximum atomic E-state index is 13.5. The van der Waals surface area contributed by atoms with Crippen molar-refractivity contribution in [3.05, 3.63) is 0 Å². The fourth-order valence-corrected chi connectivity index (χ4v) is 6.53. The number of piperidine rings is 1. The summed E-state index contributed by atoms with van der Waals surface area (Å²) < 4.78 is 21.7. The lowest BCUT2D eigenvalue weighted by Crippen LogP contribution is -2.57. The number of rotatable bonds is 16. The highest BCUT2D eigenvalue weighted by Gasteiger charge is 2.44. The average molecular weight is 777 g/mol. The molecule has 4 rings (SSSR count). The first-order chi connectivity index (χ1) is 25.6. The van der Waals surface area contributed by atoms with Crippen LogP contribution in [0.2, 0.25) is 0 Å². The summed E-state index contributed by atoms with van der Waals surface area (Å²) in [5.41, 5.74) is 0. The van der Waals surface area contributed by atoms with Crippen LogP contribution < -0.4 is 10.6 Å². The molecule has 306 valence electrons. The molecule has 4 aliphatic heterocycles. The Balaban J connectivity index is 1.28. The van der Waals surface area contributed by atoms with Gasteiger partial charge in [0.2, 0.25) is 17.7 Å². The zero-order valence-electron chi connectivity index (χ0n) is 30.2. The van der Waals surface area contributed by atoms with Crippen LogP contribution in [0.1, 0.15) is 58.8 Å². The number of amides is 5. The number of nitrogens with zero attached hydrogens (tertiary/aromatic N) is 2. The minimum Gasteiger partial charge on any atom is -0.388 e. The highest BCUT2D eigenvalue weighted by atomic mass is 16.7. The lowest BCUT2D eigenvalue weighted by Gasteiger charge is -2.39. The zero-order valence-corrected chi connectivity index (χ0v) is 30.2. The van der Waals surface area contributed by atoms with Gasteiger partial charge in [-0.2, -0.15) is 0 Å². The van der Waals surface area contributed by atoms with Gasteiger partial charge in [-0.25, -0.2) is 4.79 Å². The number of hydroxylamine groups is 2. The molecular weight excluding hydrogens is 724 g/mol. The van der Waals surface area contributed by atoms with Crippen molar-refractivity contribution in [1.29, 1.82) is 0 Å². The number of unbranched alkanes of at least 4 members (excludes halogenated alkanes) is 1. The van der Waals surface area contributed by atoms with Crippen molar-refractivity contribution in [3.63, 3.8) is 0 Å². The molecule has 4 heterocycles. The van der Waals surface area contributed by atoms with E-state index in [9.17, 15) is 59.4 Å². The van der Waals surface area contributed by atoms with E-state index >= 15 is 0 Å². The summed E-state index contributed by atoms with van der Waals surface area (Å²) in [6.07, 6.45) is -12.5. The van der Waals surface area contributed by atoms with E-state index in [0.29, 0.717) is 5.06 Å². The Hall–Kier alpha value is -3.38. The molecular formula is C33H52N4O17. The predicted octanol–water partition coefficient (Wildman–Crippen LogP) is -4.46. The van der Waals surface area contributed by atoms with Crippen LogP contribution in [0.25, 0.3) is 0 Å². The summed E-state index contributed by atoms with van der Waals surface area (Å²) in [5.74, 6) is -5.28. The molecule has 54 heavy (non-hydrogen) atoms. The molecule has 0 spiro atoms. The fourth-order valence-electron chi connectivity index (χ4n) is 6.53. The standard InChI is InChI=1S/C33H52N4O17/c1-16-24(42)26(44)28(46)32(52-16)50-13-10-34-30(48)18-9-12-36(20(38)5-3-4-6-23(41)54-37-21(39)7-8-22(37)40)15-19(18)31(49)35-11-14-51-33-29(47)27(45)25(43)17(2)53-33/h16-19,24-29,32-33,42-47H,3-15H2,1-2H3,(H,34,48)(H,35,49)/t16-,17-,18?,19-,24+,25+,26+,27+,28-,29-,32+,33+/m0/s1. The van der Waals surface area contributed by atoms with E-state index in [-0.39, 0.29) is 90.2 Å². The largest absolute Gasteiger partial charge is 0.388 e. The first-order valence-electron chi connectivity index (χ1n) is 18.1. The van der Waals surface area contributed by atoms with Crippen LogP contribution in [0.5, 0.6) is 0 Å². The molecule has 0 radical (unpaired) electrons.